The molecule has 2 N–H and O–H groups in total. The summed E-state index contributed by atoms with van der Waals surface area (Å²) in [4.78, 5) is 22.0. The van der Waals surface area contributed by atoms with Crippen molar-refractivity contribution in [1.82, 2.24) is 0 Å². The lowest BCUT2D eigenvalue weighted by atomic mass is 9.88. The summed E-state index contributed by atoms with van der Waals surface area (Å²) in [6.07, 6.45) is 0. The van der Waals surface area contributed by atoms with Gasteiger partial charge in [-0.3, -0.25) is 10.1 Å². The van der Waals surface area contributed by atoms with Crippen molar-refractivity contribution in [1.29, 1.82) is 0 Å². The van der Waals surface area contributed by atoms with Crippen molar-refractivity contribution in [3.8, 4) is 5.75 Å². The molecule has 10 heteroatoms. The average Bonchev–Trinajstić information content (AvgIpc) is 2.43. The summed E-state index contributed by atoms with van der Waals surface area (Å²) in [6, 6.07) is 3.74. The maximum absolute atomic E-state index is 11.6. The number of carbonyl (C=O) groups excluding carboxylic acids is 1. The first kappa shape index (κ1) is 19.9. The first-order chi connectivity index (χ1) is 10.9. The van der Waals surface area contributed by atoms with Crippen molar-refractivity contribution < 1.29 is 33.9 Å². The van der Waals surface area contributed by atoms with Crippen LogP contribution in [-0.2, 0) is 9.39 Å². The Morgan fingerprint density at radius 1 is 1.29 bits per heavy atom. The second-order valence-corrected chi connectivity index (χ2v) is 6.01. The van der Waals surface area contributed by atoms with E-state index in [9.17, 15) is 25.0 Å². The molecule has 0 amide bonds. The average molecular weight is 341 g/mol. The lowest BCUT2D eigenvalue weighted by Crippen LogP contribution is -2.51. The van der Waals surface area contributed by atoms with Crippen LogP contribution in [0, 0.1) is 10.1 Å². The number of nitro groups is 1. The number of ether oxygens (including phenoxy) is 1. The molecule has 0 heterocycles. The molecule has 0 fully saturated rings. The molecule has 0 radical (unpaired) electrons. The molecule has 24 heavy (non-hydrogen) atoms. The van der Waals surface area contributed by atoms with Crippen LogP contribution in [0.3, 0.4) is 0 Å². The van der Waals surface area contributed by atoms with Gasteiger partial charge in [0.25, 0.3) is 0 Å². The Hall–Kier alpha value is -2.17. The summed E-state index contributed by atoms with van der Waals surface area (Å²) in [7, 11) is -0.818. The lowest BCUT2D eigenvalue weighted by Gasteiger charge is -2.37. The summed E-state index contributed by atoms with van der Waals surface area (Å²) in [6.45, 7) is 5.97. The molecule has 0 spiro atoms. The summed E-state index contributed by atoms with van der Waals surface area (Å²) >= 11 is 0. The molecule has 0 saturated heterocycles. The zero-order valence-corrected chi connectivity index (χ0v) is 14.1. The number of methoxy groups -OCH3 is 1. The zero-order chi connectivity index (χ0) is 18.7. The number of para-hydroxylation sites is 1. The maximum Gasteiger partial charge on any atom is 0.711 e. The summed E-state index contributed by atoms with van der Waals surface area (Å²) in [5.41, 5.74) is -3.53. The van der Waals surface area contributed by atoms with Gasteiger partial charge in [-0.1, -0.05) is 6.07 Å². The summed E-state index contributed by atoms with van der Waals surface area (Å²) < 4.78 is 14.7. The first-order valence-electron chi connectivity index (χ1n) is 7.01. The van der Waals surface area contributed by atoms with E-state index in [1.165, 1.54) is 45.9 Å². The number of esters is 1. The fourth-order valence-electron chi connectivity index (χ4n) is 1.61. The minimum absolute atomic E-state index is 0.325. The highest BCUT2D eigenvalue weighted by atomic mass is 16.7. The van der Waals surface area contributed by atoms with Crippen molar-refractivity contribution >= 4 is 19.0 Å². The number of hydrogen-bond acceptors (Lipinski definition) is 8. The fourth-order valence-corrected chi connectivity index (χ4v) is 1.61. The topological polar surface area (TPSA) is 128 Å². The molecule has 9 nitrogen and oxygen atoms in total. The van der Waals surface area contributed by atoms with Gasteiger partial charge in [0.05, 0.1) is 23.2 Å². The van der Waals surface area contributed by atoms with Crippen LogP contribution >= 0.6 is 0 Å². The van der Waals surface area contributed by atoms with Crippen molar-refractivity contribution in [3.63, 3.8) is 0 Å². The number of rotatable bonds is 7. The molecule has 1 aromatic carbocycles. The van der Waals surface area contributed by atoms with Gasteiger partial charge in [0.15, 0.2) is 5.75 Å². The number of carbonyl (C=O) groups is 1. The molecule has 0 unspecified atom stereocenters. The normalized spacial score (nSPS) is 11.8. The van der Waals surface area contributed by atoms with Gasteiger partial charge in [0.2, 0.25) is 0 Å². The van der Waals surface area contributed by atoms with Crippen molar-refractivity contribution in [2.75, 3.05) is 7.11 Å². The van der Waals surface area contributed by atoms with E-state index >= 15 is 0 Å². The largest absolute Gasteiger partial charge is 0.711 e. The van der Waals surface area contributed by atoms with E-state index in [1.54, 1.807) is 0 Å². The van der Waals surface area contributed by atoms with Crippen LogP contribution in [0.25, 0.3) is 0 Å². The highest BCUT2D eigenvalue weighted by Gasteiger charge is 2.41. The summed E-state index contributed by atoms with van der Waals surface area (Å²) in [5.74, 6) is -1.29. The maximum atomic E-state index is 11.6. The first-order valence-corrected chi connectivity index (χ1v) is 7.01. The lowest BCUT2D eigenvalue weighted by molar-refractivity contribution is -0.386. The van der Waals surface area contributed by atoms with E-state index in [0.29, 0.717) is 0 Å². The Morgan fingerprint density at radius 2 is 1.88 bits per heavy atom. The van der Waals surface area contributed by atoms with E-state index in [4.69, 9.17) is 9.31 Å². The predicted molar refractivity (Wildman–Crippen MR) is 84.5 cm³/mol. The van der Waals surface area contributed by atoms with Crippen LogP contribution in [0.1, 0.15) is 38.1 Å². The quantitative estimate of drug-likeness (QED) is 0.329. The molecule has 0 aliphatic rings. The number of nitro benzene ring substituents is 1. The van der Waals surface area contributed by atoms with E-state index in [-0.39, 0.29) is 11.3 Å². The Labute approximate surface area is 139 Å². The zero-order valence-electron chi connectivity index (χ0n) is 14.1. The molecular weight excluding hydrogens is 321 g/mol. The smallest absolute Gasteiger partial charge is 0.507 e. The van der Waals surface area contributed by atoms with Crippen LogP contribution in [-0.4, -0.2) is 46.7 Å². The Balaban J connectivity index is 3.11. The van der Waals surface area contributed by atoms with Crippen molar-refractivity contribution in [2.24, 2.45) is 0 Å². The highest BCUT2D eigenvalue weighted by Crippen LogP contribution is 2.32. The Kier molecular flexibility index (Phi) is 5.93. The van der Waals surface area contributed by atoms with Gasteiger partial charge in [-0.2, -0.15) is 0 Å². The van der Waals surface area contributed by atoms with E-state index in [1.807, 2.05) is 0 Å². The van der Waals surface area contributed by atoms with Gasteiger partial charge < -0.3 is 24.2 Å². The van der Waals surface area contributed by atoms with Crippen LogP contribution in [0.4, 0.5) is 5.69 Å². The molecule has 0 saturated carbocycles. The third-order valence-corrected chi connectivity index (χ3v) is 3.68. The van der Waals surface area contributed by atoms with E-state index in [2.05, 4.69) is 4.74 Å². The molecular formula is C14H20BNO8. The van der Waals surface area contributed by atoms with Gasteiger partial charge in [0, 0.05) is 0 Å². The minimum atomic E-state index is -1.90. The van der Waals surface area contributed by atoms with Gasteiger partial charge >= 0.3 is 19.0 Å². The molecule has 0 aliphatic heterocycles. The number of aliphatic hydroxyl groups is 1. The van der Waals surface area contributed by atoms with E-state index < -0.39 is 35.1 Å². The number of nitrogens with zero attached hydrogens (tertiary/aromatic N) is 1. The third-order valence-electron chi connectivity index (χ3n) is 3.68. The SMILES string of the molecule is COC(=O)c1cccc(OB(O)OC(C)(C)C(C)(C)O)c1[N+](=O)[O-]. The molecule has 0 aromatic heterocycles. The number of benzene rings is 1. The minimum Gasteiger partial charge on any atom is -0.507 e. The van der Waals surface area contributed by atoms with Gasteiger partial charge in [-0.05, 0) is 39.8 Å². The fraction of sp³-hybridized carbons (Fsp3) is 0.500. The molecule has 0 atom stereocenters. The molecule has 132 valence electrons. The highest BCUT2D eigenvalue weighted by molar-refractivity contribution is 6.36. The standard InChI is InChI=1S/C14H20BNO8/c1-13(2,18)14(3,4)24-15(19)23-10-8-6-7-9(12(17)22-5)11(10)16(20)21/h6-8,18-19H,1-5H3. The van der Waals surface area contributed by atoms with Crippen molar-refractivity contribution in [3.05, 3.63) is 33.9 Å². The van der Waals surface area contributed by atoms with Crippen LogP contribution < -0.4 is 4.65 Å². The summed E-state index contributed by atoms with van der Waals surface area (Å²) in [5, 5.41) is 31.1. The van der Waals surface area contributed by atoms with Gasteiger partial charge in [-0.15, -0.1) is 0 Å². The van der Waals surface area contributed by atoms with Gasteiger partial charge in [0.1, 0.15) is 5.56 Å². The predicted octanol–water partition coefficient (Wildman–Crippen LogP) is 1.30. The van der Waals surface area contributed by atoms with E-state index in [0.717, 1.165) is 7.11 Å². The van der Waals surface area contributed by atoms with Crippen molar-refractivity contribution in [2.45, 2.75) is 38.9 Å². The third kappa shape index (κ3) is 4.43. The van der Waals surface area contributed by atoms with Crippen LogP contribution in [0.5, 0.6) is 5.75 Å². The van der Waals surface area contributed by atoms with Gasteiger partial charge in [-0.25, -0.2) is 4.79 Å². The Morgan fingerprint density at radius 3 is 2.33 bits per heavy atom. The monoisotopic (exact) mass is 341 g/mol. The molecule has 0 bridgehead atoms. The second-order valence-electron chi connectivity index (χ2n) is 6.01. The number of hydrogen-bond donors (Lipinski definition) is 2. The molecule has 1 rings (SSSR count). The second kappa shape index (κ2) is 7.16. The Bertz CT molecular complexity index is 626. The molecule has 0 aliphatic carbocycles. The molecule has 1 aromatic rings. The van der Waals surface area contributed by atoms with Crippen LogP contribution in [0.2, 0.25) is 0 Å². The van der Waals surface area contributed by atoms with Crippen LogP contribution in [0.15, 0.2) is 18.2 Å².